The van der Waals surface area contributed by atoms with Crippen LogP contribution in [0.15, 0.2) is 0 Å². The number of methoxy groups -OCH3 is 1. The number of carbonyl (C=O) groups is 2. The van der Waals surface area contributed by atoms with E-state index < -0.39 is 11.0 Å². The van der Waals surface area contributed by atoms with Crippen molar-refractivity contribution in [1.82, 2.24) is 14.7 Å². The molecule has 7 heteroatoms. The monoisotopic (exact) mass is 369 g/mol. The van der Waals surface area contributed by atoms with E-state index in [4.69, 9.17) is 9.47 Å². The van der Waals surface area contributed by atoms with Crippen molar-refractivity contribution >= 4 is 12.0 Å². The molecule has 2 heterocycles. The van der Waals surface area contributed by atoms with Gasteiger partial charge in [-0.1, -0.05) is 6.92 Å². The van der Waals surface area contributed by atoms with Crippen LogP contribution in [0.4, 0.5) is 4.79 Å². The topological polar surface area (TPSA) is 62.3 Å². The minimum atomic E-state index is -0.554. The van der Waals surface area contributed by atoms with Gasteiger partial charge in [0, 0.05) is 53.0 Å². The summed E-state index contributed by atoms with van der Waals surface area (Å²) in [5, 5.41) is 0. The minimum Gasteiger partial charge on any atom is -0.444 e. The number of nitrogens with zero attached hydrogens (tertiary/aromatic N) is 3. The predicted octanol–water partition coefficient (Wildman–Crippen LogP) is 1.81. The van der Waals surface area contributed by atoms with Crippen molar-refractivity contribution in [1.29, 1.82) is 0 Å². The molecule has 0 radical (unpaired) electrons. The lowest BCUT2D eigenvalue weighted by molar-refractivity contribution is -0.144. The van der Waals surface area contributed by atoms with Crippen molar-refractivity contribution < 1.29 is 19.1 Å². The molecule has 0 aromatic heterocycles. The molecule has 2 saturated heterocycles. The summed E-state index contributed by atoms with van der Waals surface area (Å²) in [6.45, 7) is 13.6. The van der Waals surface area contributed by atoms with Gasteiger partial charge in [0.15, 0.2) is 0 Å². The SMILES string of the molecule is CCN1CCN(C(=O)[C@@]2(CCOC)CCN(C(=O)OC(C)(C)C)C2)CC1. The van der Waals surface area contributed by atoms with E-state index in [0.717, 1.165) is 32.7 Å². The second-order valence-electron chi connectivity index (χ2n) is 8.40. The summed E-state index contributed by atoms with van der Waals surface area (Å²) in [5.74, 6) is 0.163. The van der Waals surface area contributed by atoms with Crippen LogP contribution in [0.2, 0.25) is 0 Å². The van der Waals surface area contributed by atoms with Gasteiger partial charge in [-0.15, -0.1) is 0 Å². The number of rotatable bonds is 5. The quantitative estimate of drug-likeness (QED) is 0.740. The third-order valence-electron chi connectivity index (χ3n) is 5.35. The Morgan fingerprint density at radius 2 is 1.69 bits per heavy atom. The third-order valence-corrected chi connectivity index (χ3v) is 5.35. The van der Waals surface area contributed by atoms with Crippen LogP contribution < -0.4 is 0 Å². The number of likely N-dealkylation sites (N-methyl/N-ethyl adjacent to an activating group) is 1. The zero-order valence-corrected chi connectivity index (χ0v) is 17.0. The van der Waals surface area contributed by atoms with Gasteiger partial charge in [0.1, 0.15) is 5.60 Å². The van der Waals surface area contributed by atoms with E-state index in [2.05, 4.69) is 11.8 Å². The fraction of sp³-hybridized carbons (Fsp3) is 0.895. The molecule has 2 amide bonds. The van der Waals surface area contributed by atoms with Crippen LogP contribution in [0.1, 0.15) is 40.5 Å². The molecule has 150 valence electrons. The average molecular weight is 370 g/mol. The first-order valence-electron chi connectivity index (χ1n) is 9.69. The highest BCUT2D eigenvalue weighted by molar-refractivity contribution is 5.84. The van der Waals surface area contributed by atoms with E-state index in [0.29, 0.717) is 32.5 Å². The van der Waals surface area contributed by atoms with Crippen LogP contribution in [0.3, 0.4) is 0 Å². The summed E-state index contributed by atoms with van der Waals surface area (Å²) in [7, 11) is 1.65. The summed E-state index contributed by atoms with van der Waals surface area (Å²) in [4.78, 5) is 31.8. The molecule has 0 unspecified atom stereocenters. The van der Waals surface area contributed by atoms with E-state index in [9.17, 15) is 9.59 Å². The van der Waals surface area contributed by atoms with Gasteiger partial charge in [0.25, 0.3) is 0 Å². The highest BCUT2D eigenvalue weighted by Gasteiger charge is 2.48. The van der Waals surface area contributed by atoms with Crippen molar-refractivity contribution in [2.45, 2.75) is 46.1 Å². The molecule has 2 aliphatic rings. The second kappa shape index (κ2) is 8.57. The van der Waals surface area contributed by atoms with Crippen LogP contribution in [0.5, 0.6) is 0 Å². The number of ether oxygens (including phenoxy) is 2. The van der Waals surface area contributed by atoms with E-state index in [1.165, 1.54) is 0 Å². The van der Waals surface area contributed by atoms with Gasteiger partial charge in [0.2, 0.25) is 5.91 Å². The number of amides is 2. The Labute approximate surface area is 157 Å². The normalized spacial score (nSPS) is 24.8. The Morgan fingerprint density at radius 3 is 2.23 bits per heavy atom. The molecule has 0 aromatic carbocycles. The molecule has 0 spiro atoms. The van der Waals surface area contributed by atoms with E-state index in [1.54, 1.807) is 12.0 Å². The molecule has 2 fully saturated rings. The summed E-state index contributed by atoms with van der Waals surface area (Å²) in [5.41, 5.74) is -1.09. The van der Waals surface area contributed by atoms with Gasteiger partial charge in [-0.3, -0.25) is 4.79 Å². The van der Waals surface area contributed by atoms with E-state index >= 15 is 0 Å². The first-order valence-corrected chi connectivity index (χ1v) is 9.69. The number of piperazine rings is 1. The lowest BCUT2D eigenvalue weighted by Gasteiger charge is -2.39. The minimum absolute atomic E-state index is 0.163. The smallest absolute Gasteiger partial charge is 0.410 e. The Bertz CT molecular complexity index is 498. The van der Waals surface area contributed by atoms with Gasteiger partial charge in [-0.25, -0.2) is 4.79 Å². The average Bonchev–Trinajstić information content (AvgIpc) is 3.04. The largest absolute Gasteiger partial charge is 0.444 e. The summed E-state index contributed by atoms with van der Waals surface area (Å²) < 4.78 is 10.8. The number of hydrogen-bond acceptors (Lipinski definition) is 5. The lowest BCUT2D eigenvalue weighted by Crippen LogP contribution is -2.54. The van der Waals surface area contributed by atoms with Gasteiger partial charge >= 0.3 is 6.09 Å². The van der Waals surface area contributed by atoms with Gasteiger partial charge in [-0.05, 0) is 40.2 Å². The fourth-order valence-electron chi connectivity index (χ4n) is 3.74. The summed E-state index contributed by atoms with van der Waals surface area (Å²) in [6, 6.07) is 0. The molecule has 0 N–H and O–H groups in total. The highest BCUT2D eigenvalue weighted by atomic mass is 16.6. The third kappa shape index (κ3) is 5.10. The fourth-order valence-corrected chi connectivity index (χ4v) is 3.74. The molecular weight excluding hydrogens is 334 g/mol. The maximum Gasteiger partial charge on any atom is 0.410 e. The van der Waals surface area contributed by atoms with Crippen LogP contribution in [0.25, 0.3) is 0 Å². The maximum absolute atomic E-state index is 13.3. The molecule has 0 aromatic rings. The standard InChI is InChI=1S/C19H35N3O4/c1-6-20-10-12-21(13-11-20)16(23)19(8-14-25-5)7-9-22(15-19)17(24)26-18(2,3)4/h6-15H2,1-5H3/t19-/m1/s1. The van der Waals surface area contributed by atoms with Crippen LogP contribution >= 0.6 is 0 Å². The maximum atomic E-state index is 13.3. The molecule has 2 rings (SSSR count). The Hall–Kier alpha value is -1.34. The molecule has 7 nitrogen and oxygen atoms in total. The number of hydrogen-bond donors (Lipinski definition) is 0. The Balaban J connectivity index is 2.06. The molecule has 2 aliphatic heterocycles. The molecule has 0 bridgehead atoms. The number of carbonyl (C=O) groups excluding carboxylic acids is 2. The first kappa shape index (κ1) is 21.0. The van der Waals surface area contributed by atoms with Crippen molar-refractivity contribution in [3.05, 3.63) is 0 Å². The van der Waals surface area contributed by atoms with Crippen molar-refractivity contribution in [2.24, 2.45) is 5.41 Å². The first-order chi connectivity index (χ1) is 12.2. The molecule has 0 saturated carbocycles. The molecule has 1 atom stereocenters. The zero-order chi connectivity index (χ0) is 19.4. The molecular formula is C19H35N3O4. The van der Waals surface area contributed by atoms with Crippen molar-refractivity contribution in [2.75, 3.05) is 59.5 Å². The van der Waals surface area contributed by atoms with Crippen LogP contribution in [0, 0.1) is 5.41 Å². The Kier molecular flexibility index (Phi) is 6.91. The highest BCUT2D eigenvalue weighted by Crippen LogP contribution is 2.37. The van der Waals surface area contributed by atoms with Gasteiger partial charge in [0.05, 0.1) is 5.41 Å². The zero-order valence-electron chi connectivity index (χ0n) is 17.0. The molecule has 26 heavy (non-hydrogen) atoms. The second-order valence-corrected chi connectivity index (χ2v) is 8.40. The van der Waals surface area contributed by atoms with Crippen LogP contribution in [-0.4, -0.2) is 91.8 Å². The van der Waals surface area contributed by atoms with E-state index in [-0.39, 0.29) is 12.0 Å². The predicted molar refractivity (Wildman–Crippen MR) is 100 cm³/mol. The van der Waals surface area contributed by atoms with Crippen LogP contribution in [-0.2, 0) is 14.3 Å². The molecule has 0 aliphatic carbocycles. The summed E-state index contributed by atoms with van der Waals surface area (Å²) in [6.07, 6.45) is 0.971. The number of likely N-dealkylation sites (tertiary alicyclic amines) is 1. The Morgan fingerprint density at radius 1 is 1.04 bits per heavy atom. The van der Waals surface area contributed by atoms with E-state index in [1.807, 2.05) is 25.7 Å². The van der Waals surface area contributed by atoms with Gasteiger partial charge < -0.3 is 24.2 Å². The van der Waals surface area contributed by atoms with Crippen molar-refractivity contribution in [3.63, 3.8) is 0 Å². The van der Waals surface area contributed by atoms with Crippen molar-refractivity contribution in [3.8, 4) is 0 Å². The van der Waals surface area contributed by atoms with Gasteiger partial charge in [-0.2, -0.15) is 0 Å². The lowest BCUT2D eigenvalue weighted by atomic mass is 9.82. The summed E-state index contributed by atoms with van der Waals surface area (Å²) >= 11 is 0.